The van der Waals surface area contributed by atoms with Crippen LogP contribution in [0, 0.1) is 5.92 Å². The van der Waals surface area contributed by atoms with E-state index in [4.69, 9.17) is 0 Å². The van der Waals surface area contributed by atoms with E-state index in [-0.39, 0.29) is 0 Å². The van der Waals surface area contributed by atoms with Crippen LogP contribution in [0.25, 0.3) is 0 Å². The number of rotatable bonds is 10. The molecular formula is C15H32N2O2S. The summed E-state index contributed by atoms with van der Waals surface area (Å²) in [5, 5.41) is 3.31. The van der Waals surface area contributed by atoms with Crippen molar-refractivity contribution in [2.24, 2.45) is 5.92 Å². The maximum absolute atomic E-state index is 12.2. The third-order valence-corrected chi connectivity index (χ3v) is 6.05. The molecule has 0 aromatic heterocycles. The van der Waals surface area contributed by atoms with Gasteiger partial charge in [0.2, 0.25) is 10.0 Å². The van der Waals surface area contributed by atoms with Crippen LogP contribution in [0.1, 0.15) is 58.8 Å². The van der Waals surface area contributed by atoms with Crippen LogP contribution < -0.4 is 5.32 Å². The first-order valence-corrected chi connectivity index (χ1v) is 9.89. The summed E-state index contributed by atoms with van der Waals surface area (Å²) in [5.74, 6) is 1.06. The van der Waals surface area contributed by atoms with Crippen molar-refractivity contribution in [2.75, 3.05) is 31.9 Å². The summed E-state index contributed by atoms with van der Waals surface area (Å²) in [6.07, 6.45) is 7.40. The maximum atomic E-state index is 12.2. The second-order valence-corrected chi connectivity index (χ2v) is 7.99. The van der Waals surface area contributed by atoms with Crippen LogP contribution in [0.2, 0.25) is 0 Å². The van der Waals surface area contributed by atoms with Gasteiger partial charge < -0.3 is 5.32 Å². The zero-order chi connectivity index (χ0) is 14.8. The molecule has 1 saturated heterocycles. The summed E-state index contributed by atoms with van der Waals surface area (Å²) in [5.41, 5.74) is 0. The van der Waals surface area contributed by atoms with E-state index >= 15 is 0 Å². The Kier molecular flexibility index (Phi) is 8.73. The molecule has 0 aliphatic carbocycles. The van der Waals surface area contributed by atoms with Crippen LogP contribution in [0.4, 0.5) is 0 Å². The van der Waals surface area contributed by atoms with Gasteiger partial charge in [-0.1, -0.05) is 26.7 Å². The van der Waals surface area contributed by atoms with E-state index < -0.39 is 10.0 Å². The molecule has 5 heteroatoms. The maximum Gasteiger partial charge on any atom is 0.214 e. The Morgan fingerprint density at radius 1 is 1.05 bits per heavy atom. The fraction of sp³-hybridized carbons (Fsp3) is 1.00. The molecule has 20 heavy (non-hydrogen) atoms. The number of hydrogen-bond donors (Lipinski definition) is 1. The monoisotopic (exact) mass is 304 g/mol. The molecule has 1 fully saturated rings. The minimum Gasteiger partial charge on any atom is -0.317 e. The lowest BCUT2D eigenvalue weighted by molar-refractivity contribution is 0.262. The number of nitrogens with zero attached hydrogens (tertiary/aromatic N) is 1. The fourth-order valence-corrected chi connectivity index (χ4v) is 4.44. The van der Waals surface area contributed by atoms with Gasteiger partial charge in [0.15, 0.2) is 0 Å². The largest absolute Gasteiger partial charge is 0.317 e. The van der Waals surface area contributed by atoms with Crippen LogP contribution >= 0.6 is 0 Å². The molecule has 1 aliphatic rings. The molecule has 0 aromatic rings. The summed E-state index contributed by atoms with van der Waals surface area (Å²) in [6.45, 7) is 7.77. The van der Waals surface area contributed by atoms with E-state index in [1.54, 1.807) is 4.31 Å². The van der Waals surface area contributed by atoms with Crippen molar-refractivity contribution in [2.45, 2.75) is 58.8 Å². The molecule has 4 nitrogen and oxygen atoms in total. The van der Waals surface area contributed by atoms with E-state index in [1.807, 2.05) is 0 Å². The third-order valence-electron chi connectivity index (χ3n) is 4.10. The number of sulfonamides is 1. The highest BCUT2D eigenvalue weighted by molar-refractivity contribution is 7.89. The Labute approximate surface area is 125 Å². The Morgan fingerprint density at radius 3 is 2.35 bits per heavy atom. The Morgan fingerprint density at radius 2 is 1.75 bits per heavy atom. The van der Waals surface area contributed by atoms with E-state index in [1.165, 1.54) is 12.8 Å². The molecule has 1 aliphatic heterocycles. The predicted molar refractivity (Wildman–Crippen MR) is 85.4 cm³/mol. The zero-order valence-electron chi connectivity index (χ0n) is 13.2. The van der Waals surface area contributed by atoms with Crippen LogP contribution in [0.15, 0.2) is 0 Å². The first-order chi connectivity index (χ1) is 9.60. The van der Waals surface area contributed by atoms with Gasteiger partial charge in [-0.2, -0.15) is 0 Å². The molecule has 0 amide bonds. The first-order valence-electron chi connectivity index (χ1n) is 8.28. The van der Waals surface area contributed by atoms with Gasteiger partial charge in [0, 0.05) is 13.1 Å². The van der Waals surface area contributed by atoms with Crippen molar-refractivity contribution in [3.8, 4) is 0 Å². The average molecular weight is 305 g/mol. The zero-order valence-corrected chi connectivity index (χ0v) is 14.1. The quantitative estimate of drug-likeness (QED) is 0.631. The number of piperidine rings is 1. The van der Waals surface area contributed by atoms with Gasteiger partial charge in [-0.25, -0.2) is 12.7 Å². The molecule has 0 radical (unpaired) electrons. The average Bonchev–Trinajstić information content (AvgIpc) is 2.44. The van der Waals surface area contributed by atoms with Crippen molar-refractivity contribution in [1.29, 1.82) is 0 Å². The molecule has 1 N–H and O–H groups in total. The SMILES string of the molecule is CCCNCCCCS(=O)(=O)N1CCC(CCC)CC1. The van der Waals surface area contributed by atoms with Crippen LogP contribution in [0.3, 0.4) is 0 Å². The van der Waals surface area contributed by atoms with Crippen molar-refractivity contribution in [3.63, 3.8) is 0 Å². The van der Waals surface area contributed by atoms with Crippen molar-refractivity contribution in [1.82, 2.24) is 9.62 Å². The van der Waals surface area contributed by atoms with Crippen LogP contribution in [0.5, 0.6) is 0 Å². The summed E-state index contributed by atoms with van der Waals surface area (Å²) < 4.78 is 26.2. The second-order valence-electron chi connectivity index (χ2n) is 5.90. The summed E-state index contributed by atoms with van der Waals surface area (Å²) in [6, 6.07) is 0. The molecule has 1 heterocycles. The second kappa shape index (κ2) is 9.74. The molecule has 120 valence electrons. The van der Waals surface area contributed by atoms with Gasteiger partial charge in [0.25, 0.3) is 0 Å². The highest BCUT2D eigenvalue weighted by atomic mass is 32.2. The van der Waals surface area contributed by atoms with Gasteiger partial charge >= 0.3 is 0 Å². The topological polar surface area (TPSA) is 49.4 Å². The minimum absolute atomic E-state index is 0.319. The smallest absolute Gasteiger partial charge is 0.214 e. The van der Waals surface area contributed by atoms with Crippen LogP contribution in [-0.2, 0) is 10.0 Å². The number of nitrogens with one attached hydrogen (secondary N) is 1. The summed E-state index contributed by atoms with van der Waals surface area (Å²) >= 11 is 0. The van der Waals surface area contributed by atoms with Crippen LogP contribution in [-0.4, -0.2) is 44.7 Å². The molecule has 0 aromatic carbocycles. The number of unbranched alkanes of at least 4 members (excludes halogenated alkanes) is 1. The van der Waals surface area contributed by atoms with Gasteiger partial charge in [-0.05, 0) is 51.1 Å². The van der Waals surface area contributed by atoms with Gasteiger partial charge in [0.05, 0.1) is 5.75 Å². The summed E-state index contributed by atoms with van der Waals surface area (Å²) in [7, 11) is -3.01. The van der Waals surface area contributed by atoms with Gasteiger partial charge in [0.1, 0.15) is 0 Å². The first kappa shape index (κ1) is 17.9. The summed E-state index contributed by atoms with van der Waals surface area (Å²) in [4.78, 5) is 0. The fourth-order valence-electron chi connectivity index (χ4n) is 2.85. The molecule has 0 atom stereocenters. The third kappa shape index (κ3) is 6.55. The lowest BCUT2D eigenvalue weighted by Gasteiger charge is -2.31. The van der Waals surface area contributed by atoms with E-state index in [0.717, 1.165) is 64.2 Å². The standard InChI is InChI=1S/C15H32N2O2S/c1-3-7-15-8-12-17(13-9-15)20(18,19)14-6-5-11-16-10-4-2/h15-16H,3-14H2,1-2H3. The normalized spacial score (nSPS) is 18.5. The minimum atomic E-state index is -3.01. The molecule has 0 unspecified atom stereocenters. The van der Waals surface area contributed by atoms with Crippen molar-refractivity contribution in [3.05, 3.63) is 0 Å². The van der Waals surface area contributed by atoms with E-state index in [2.05, 4.69) is 19.2 Å². The predicted octanol–water partition coefficient (Wildman–Crippen LogP) is 2.61. The van der Waals surface area contributed by atoms with Gasteiger partial charge in [-0.3, -0.25) is 0 Å². The Balaban J connectivity index is 2.21. The molecule has 0 bridgehead atoms. The van der Waals surface area contributed by atoms with Gasteiger partial charge in [-0.15, -0.1) is 0 Å². The highest BCUT2D eigenvalue weighted by Gasteiger charge is 2.26. The van der Waals surface area contributed by atoms with Crippen molar-refractivity contribution < 1.29 is 8.42 Å². The lowest BCUT2D eigenvalue weighted by atomic mass is 9.94. The van der Waals surface area contributed by atoms with Crippen molar-refractivity contribution >= 4 is 10.0 Å². The Hall–Kier alpha value is -0.130. The molecule has 0 spiro atoms. The highest BCUT2D eigenvalue weighted by Crippen LogP contribution is 2.23. The Bertz CT molecular complexity index is 336. The molecule has 1 rings (SSSR count). The molecular weight excluding hydrogens is 272 g/mol. The molecule has 0 saturated carbocycles. The van der Waals surface area contributed by atoms with E-state index in [9.17, 15) is 8.42 Å². The lowest BCUT2D eigenvalue weighted by Crippen LogP contribution is -2.39. The van der Waals surface area contributed by atoms with E-state index in [0.29, 0.717) is 5.75 Å². The number of hydrogen-bond acceptors (Lipinski definition) is 3.